The lowest BCUT2D eigenvalue weighted by atomic mass is 10.1. The van der Waals surface area contributed by atoms with Crippen LogP contribution in [-0.4, -0.2) is 13.0 Å². The molecule has 0 atom stereocenters. The number of benzene rings is 1. The molecule has 2 rings (SSSR count). The second-order valence-electron chi connectivity index (χ2n) is 4.62. The Morgan fingerprint density at radius 3 is 2.50 bits per heavy atom. The fourth-order valence-corrected chi connectivity index (χ4v) is 2.08. The summed E-state index contributed by atoms with van der Waals surface area (Å²) >= 11 is 0. The van der Waals surface area contributed by atoms with Crippen molar-refractivity contribution >= 4 is 17.3 Å². The van der Waals surface area contributed by atoms with Crippen LogP contribution in [0.1, 0.15) is 27.4 Å². The molecule has 20 heavy (non-hydrogen) atoms. The SMILES string of the molecule is COc1ccc(N)c(NC(=O)c2c(C)oc(C)c2C)c1. The van der Waals surface area contributed by atoms with Crippen molar-refractivity contribution in [3.8, 4) is 5.75 Å². The van der Waals surface area contributed by atoms with Gasteiger partial charge in [-0.1, -0.05) is 0 Å². The second kappa shape index (κ2) is 5.28. The molecule has 1 heterocycles. The minimum Gasteiger partial charge on any atom is -0.497 e. The Kier molecular flexibility index (Phi) is 3.70. The van der Waals surface area contributed by atoms with E-state index in [2.05, 4.69) is 5.32 Å². The number of nitrogen functional groups attached to an aromatic ring is 1. The molecule has 0 saturated heterocycles. The monoisotopic (exact) mass is 274 g/mol. The number of methoxy groups -OCH3 is 1. The zero-order valence-electron chi connectivity index (χ0n) is 12.0. The van der Waals surface area contributed by atoms with Gasteiger partial charge in [0.2, 0.25) is 0 Å². The van der Waals surface area contributed by atoms with Crippen molar-refractivity contribution < 1.29 is 13.9 Å². The topological polar surface area (TPSA) is 77.5 Å². The van der Waals surface area contributed by atoms with Crippen molar-refractivity contribution in [2.24, 2.45) is 0 Å². The molecule has 0 aliphatic rings. The molecule has 0 fully saturated rings. The number of nitrogens with two attached hydrogens (primary N) is 1. The summed E-state index contributed by atoms with van der Waals surface area (Å²) in [6.07, 6.45) is 0. The zero-order chi connectivity index (χ0) is 14.9. The summed E-state index contributed by atoms with van der Waals surface area (Å²) in [6, 6.07) is 5.11. The highest BCUT2D eigenvalue weighted by molar-refractivity contribution is 6.07. The number of carbonyl (C=O) groups is 1. The largest absolute Gasteiger partial charge is 0.497 e. The summed E-state index contributed by atoms with van der Waals surface area (Å²) in [5.74, 6) is 1.73. The third-order valence-electron chi connectivity index (χ3n) is 3.30. The number of nitrogens with one attached hydrogen (secondary N) is 1. The molecule has 1 aromatic heterocycles. The first-order chi connectivity index (χ1) is 9.43. The summed E-state index contributed by atoms with van der Waals surface area (Å²) in [6.45, 7) is 5.46. The number of hydrogen-bond acceptors (Lipinski definition) is 4. The van der Waals surface area contributed by atoms with Gasteiger partial charge in [-0.05, 0) is 32.9 Å². The van der Waals surface area contributed by atoms with Crippen molar-refractivity contribution in [1.29, 1.82) is 0 Å². The van der Waals surface area contributed by atoms with Crippen LogP contribution in [0.5, 0.6) is 5.75 Å². The van der Waals surface area contributed by atoms with E-state index in [4.69, 9.17) is 14.9 Å². The number of carbonyl (C=O) groups excluding carboxylic acids is 1. The molecule has 0 radical (unpaired) electrons. The number of anilines is 2. The second-order valence-corrected chi connectivity index (χ2v) is 4.62. The van der Waals surface area contributed by atoms with Crippen molar-refractivity contribution in [2.45, 2.75) is 20.8 Å². The first-order valence-electron chi connectivity index (χ1n) is 6.25. The molecule has 0 aliphatic carbocycles. The van der Waals surface area contributed by atoms with Gasteiger partial charge in [-0.15, -0.1) is 0 Å². The van der Waals surface area contributed by atoms with Crippen LogP contribution in [0.15, 0.2) is 22.6 Å². The third kappa shape index (κ3) is 2.47. The Balaban J connectivity index is 2.32. The highest BCUT2D eigenvalue weighted by Gasteiger charge is 2.19. The number of hydrogen-bond donors (Lipinski definition) is 2. The van der Waals surface area contributed by atoms with Crippen LogP contribution in [0, 0.1) is 20.8 Å². The van der Waals surface area contributed by atoms with E-state index in [-0.39, 0.29) is 5.91 Å². The minimum absolute atomic E-state index is 0.239. The summed E-state index contributed by atoms with van der Waals surface area (Å²) < 4.78 is 10.6. The predicted octanol–water partition coefficient (Wildman–Crippen LogP) is 3.05. The predicted molar refractivity (Wildman–Crippen MR) is 78.3 cm³/mol. The fourth-order valence-electron chi connectivity index (χ4n) is 2.08. The standard InChI is InChI=1S/C15H18N2O3/c1-8-9(2)20-10(3)14(8)15(18)17-13-7-11(19-4)5-6-12(13)16/h5-7H,16H2,1-4H3,(H,17,18). The molecule has 1 aromatic carbocycles. The lowest BCUT2D eigenvalue weighted by Gasteiger charge is -2.10. The van der Waals surface area contributed by atoms with Crippen LogP contribution in [0.4, 0.5) is 11.4 Å². The summed E-state index contributed by atoms with van der Waals surface area (Å²) in [5, 5.41) is 2.79. The Bertz CT molecular complexity index is 659. The van der Waals surface area contributed by atoms with Crippen molar-refractivity contribution in [3.63, 3.8) is 0 Å². The first-order valence-corrected chi connectivity index (χ1v) is 6.25. The van der Waals surface area contributed by atoms with E-state index < -0.39 is 0 Å². The summed E-state index contributed by atoms with van der Waals surface area (Å²) in [7, 11) is 1.56. The number of rotatable bonds is 3. The number of aryl methyl sites for hydroxylation is 2. The lowest BCUT2D eigenvalue weighted by molar-refractivity contribution is 0.102. The van der Waals surface area contributed by atoms with E-state index in [1.54, 1.807) is 32.2 Å². The van der Waals surface area contributed by atoms with Gasteiger partial charge in [-0.3, -0.25) is 4.79 Å². The number of amides is 1. The van der Waals surface area contributed by atoms with Crippen LogP contribution >= 0.6 is 0 Å². The van der Waals surface area contributed by atoms with Gasteiger partial charge in [0, 0.05) is 11.6 Å². The van der Waals surface area contributed by atoms with Crippen LogP contribution in [0.25, 0.3) is 0 Å². The molecule has 5 heteroatoms. The van der Waals surface area contributed by atoms with Gasteiger partial charge < -0.3 is 20.2 Å². The van der Waals surface area contributed by atoms with Crippen LogP contribution in [-0.2, 0) is 0 Å². The van der Waals surface area contributed by atoms with Crippen LogP contribution < -0.4 is 15.8 Å². The molecule has 0 bridgehead atoms. The summed E-state index contributed by atoms with van der Waals surface area (Å²) in [5.41, 5.74) is 8.24. The van der Waals surface area contributed by atoms with E-state index in [1.165, 1.54) is 0 Å². The highest BCUT2D eigenvalue weighted by atomic mass is 16.5. The lowest BCUT2D eigenvalue weighted by Crippen LogP contribution is -2.14. The maximum atomic E-state index is 12.4. The van der Waals surface area contributed by atoms with Gasteiger partial charge in [0.15, 0.2) is 0 Å². The average Bonchev–Trinajstić information content (AvgIpc) is 2.66. The molecule has 0 unspecified atom stereocenters. The molecule has 5 nitrogen and oxygen atoms in total. The molecule has 0 spiro atoms. The van der Waals surface area contributed by atoms with Gasteiger partial charge in [0.25, 0.3) is 5.91 Å². The van der Waals surface area contributed by atoms with Gasteiger partial charge in [0.05, 0.1) is 24.0 Å². The number of furan rings is 1. The Morgan fingerprint density at radius 2 is 1.95 bits per heavy atom. The van der Waals surface area contributed by atoms with Gasteiger partial charge in [0.1, 0.15) is 17.3 Å². The maximum absolute atomic E-state index is 12.4. The normalized spacial score (nSPS) is 10.4. The number of ether oxygens (including phenoxy) is 1. The fraction of sp³-hybridized carbons (Fsp3) is 0.267. The van der Waals surface area contributed by atoms with Gasteiger partial charge in [-0.2, -0.15) is 0 Å². The zero-order valence-corrected chi connectivity index (χ0v) is 12.0. The van der Waals surface area contributed by atoms with E-state index in [0.29, 0.717) is 28.4 Å². The van der Waals surface area contributed by atoms with Crippen molar-refractivity contribution in [1.82, 2.24) is 0 Å². The Hall–Kier alpha value is -2.43. The van der Waals surface area contributed by atoms with Gasteiger partial charge in [-0.25, -0.2) is 0 Å². The van der Waals surface area contributed by atoms with Gasteiger partial charge >= 0.3 is 0 Å². The molecule has 0 aliphatic heterocycles. The molecule has 106 valence electrons. The van der Waals surface area contributed by atoms with Crippen molar-refractivity contribution in [3.05, 3.63) is 40.8 Å². The average molecular weight is 274 g/mol. The molecule has 0 saturated carbocycles. The van der Waals surface area contributed by atoms with Crippen LogP contribution in [0.2, 0.25) is 0 Å². The van der Waals surface area contributed by atoms with E-state index >= 15 is 0 Å². The first kappa shape index (κ1) is 14.0. The smallest absolute Gasteiger partial charge is 0.259 e. The van der Waals surface area contributed by atoms with Crippen molar-refractivity contribution in [2.75, 3.05) is 18.2 Å². The highest BCUT2D eigenvalue weighted by Crippen LogP contribution is 2.27. The molecule has 2 aromatic rings. The van der Waals surface area contributed by atoms with E-state index in [0.717, 1.165) is 11.3 Å². The maximum Gasteiger partial charge on any atom is 0.259 e. The summed E-state index contributed by atoms with van der Waals surface area (Å²) in [4.78, 5) is 12.4. The molecule has 3 N–H and O–H groups in total. The minimum atomic E-state index is -0.239. The van der Waals surface area contributed by atoms with E-state index in [1.807, 2.05) is 13.8 Å². The van der Waals surface area contributed by atoms with E-state index in [9.17, 15) is 4.79 Å². The Labute approximate surface area is 117 Å². The van der Waals surface area contributed by atoms with Crippen LogP contribution in [0.3, 0.4) is 0 Å². The molecular weight excluding hydrogens is 256 g/mol. The third-order valence-corrected chi connectivity index (χ3v) is 3.30. The molecular formula is C15H18N2O3. The quantitative estimate of drug-likeness (QED) is 0.843. The Morgan fingerprint density at radius 1 is 1.25 bits per heavy atom. The molecule has 1 amide bonds.